The number of hydrogen-bond donors (Lipinski definition) is 1. The monoisotopic (exact) mass is 381 g/mol. The molecule has 0 radical (unpaired) electrons. The molecule has 5 nitrogen and oxygen atoms in total. The molecule has 2 heterocycles. The molecule has 1 atom stereocenters. The molecule has 2 aromatic heterocycles. The Hall–Kier alpha value is -2.47. The van der Waals surface area contributed by atoms with E-state index >= 15 is 0 Å². The number of benzene rings is 1. The molecule has 1 N–H and O–H groups in total. The smallest absolute Gasteiger partial charge is 0.264 e. The number of fused-ring (bicyclic) bond motifs is 2. The van der Waals surface area contributed by atoms with Gasteiger partial charge in [0.2, 0.25) is 0 Å². The maximum atomic E-state index is 12.9. The Bertz CT molecular complexity index is 1050. The molecule has 1 aliphatic carbocycles. The Balaban J connectivity index is 1.53. The van der Waals surface area contributed by atoms with Crippen LogP contribution in [0.15, 0.2) is 35.1 Å². The minimum absolute atomic E-state index is 0.0155. The van der Waals surface area contributed by atoms with Gasteiger partial charge in [-0.3, -0.25) is 9.59 Å². The lowest BCUT2D eigenvalue weighted by Crippen LogP contribution is -2.27. The molecule has 0 unspecified atom stereocenters. The summed E-state index contributed by atoms with van der Waals surface area (Å²) in [6.45, 7) is 2.51. The van der Waals surface area contributed by atoms with Crippen molar-refractivity contribution in [3.63, 3.8) is 0 Å². The number of rotatable bonds is 4. The molecule has 0 bridgehead atoms. The average molecular weight is 382 g/mol. The van der Waals surface area contributed by atoms with Crippen molar-refractivity contribution >= 4 is 28.1 Å². The first-order valence-corrected chi connectivity index (χ1v) is 10.2. The number of aromatic amines is 1. The van der Waals surface area contributed by atoms with E-state index in [-0.39, 0.29) is 18.0 Å². The first-order chi connectivity index (χ1) is 13.0. The molecule has 0 saturated carbocycles. The van der Waals surface area contributed by atoms with Gasteiger partial charge in [-0.15, -0.1) is 11.3 Å². The van der Waals surface area contributed by atoms with E-state index in [1.807, 2.05) is 18.2 Å². The third-order valence-electron chi connectivity index (χ3n) is 5.37. The highest BCUT2D eigenvalue weighted by atomic mass is 32.1. The van der Waals surface area contributed by atoms with Gasteiger partial charge in [0.25, 0.3) is 11.5 Å². The van der Waals surface area contributed by atoms with E-state index in [0.29, 0.717) is 16.7 Å². The van der Waals surface area contributed by atoms with Gasteiger partial charge < -0.3 is 9.88 Å². The van der Waals surface area contributed by atoms with Crippen molar-refractivity contribution < 1.29 is 4.79 Å². The predicted molar refractivity (Wildman–Crippen MR) is 108 cm³/mol. The molecular formula is C21H23N3O2S. The molecule has 3 aromatic rings. The van der Waals surface area contributed by atoms with Gasteiger partial charge in [0.05, 0.1) is 22.3 Å². The van der Waals surface area contributed by atoms with Crippen molar-refractivity contribution in [3.8, 4) is 0 Å². The van der Waals surface area contributed by atoms with Gasteiger partial charge in [-0.25, -0.2) is 4.98 Å². The summed E-state index contributed by atoms with van der Waals surface area (Å²) < 4.78 is 0. The summed E-state index contributed by atoms with van der Waals surface area (Å²) in [5, 5.41) is 0.562. The van der Waals surface area contributed by atoms with E-state index in [2.05, 4.69) is 23.0 Å². The van der Waals surface area contributed by atoms with Crippen LogP contribution in [0.5, 0.6) is 0 Å². The van der Waals surface area contributed by atoms with Gasteiger partial charge in [-0.05, 0) is 48.9 Å². The van der Waals surface area contributed by atoms with Crippen LogP contribution in [0.1, 0.15) is 45.7 Å². The molecule has 1 aromatic carbocycles. The van der Waals surface area contributed by atoms with Crippen LogP contribution in [0, 0.1) is 5.92 Å². The van der Waals surface area contributed by atoms with Crippen LogP contribution in [0.25, 0.3) is 10.9 Å². The Labute approximate surface area is 162 Å². The molecule has 1 aliphatic rings. The standard InChI is InChI=1S/C21H23N3O2S/c1-3-13-8-9-17-14(10-13)11-18(27-17)21(26)24(2)12-19-22-16-7-5-4-6-15(16)20(25)23-19/h4-7,11,13H,3,8-10,12H2,1-2H3,(H,22,23,25)/t13-/m0/s1. The van der Waals surface area contributed by atoms with Gasteiger partial charge in [0, 0.05) is 11.9 Å². The highest BCUT2D eigenvalue weighted by Crippen LogP contribution is 2.34. The predicted octanol–water partition coefficient (Wildman–Crippen LogP) is 3.77. The minimum Gasteiger partial charge on any atom is -0.334 e. The van der Waals surface area contributed by atoms with Crippen LogP contribution in [0.4, 0.5) is 0 Å². The number of thiophene rings is 1. The van der Waals surface area contributed by atoms with Crippen molar-refractivity contribution in [1.29, 1.82) is 0 Å². The van der Waals surface area contributed by atoms with E-state index in [9.17, 15) is 9.59 Å². The first-order valence-electron chi connectivity index (χ1n) is 9.40. The number of nitrogens with one attached hydrogen (secondary N) is 1. The van der Waals surface area contributed by atoms with Crippen molar-refractivity contribution in [1.82, 2.24) is 14.9 Å². The second-order valence-electron chi connectivity index (χ2n) is 7.27. The van der Waals surface area contributed by atoms with Crippen LogP contribution in [0.2, 0.25) is 0 Å². The third kappa shape index (κ3) is 3.54. The number of aryl methyl sites for hydroxylation is 1. The summed E-state index contributed by atoms with van der Waals surface area (Å²) >= 11 is 1.62. The topological polar surface area (TPSA) is 66.1 Å². The van der Waals surface area contributed by atoms with Crippen LogP contribution >= 0.6 is 11.3 Å². The number of carbonyl (C=O) groups is 1. The molecule has 4 rings (SSSR count). The lowest BCUT2D eigenvalue weighted by Gasteiger charge is -2.19. The van der Waals surface area contributed by atoms with E-state index < -0.39 is 0 Å². The van der Waals surface area contributed by atoms with Crippen molar-refractivity contribution in [2.75, 3.05) is 7.05 Å². The number of H-pyrrole nitrogens is 1. The van der Waals surface area contributed by atoms with E-state index in [0.717, 1.165) is 23.6 Å². The summed E-state index contributed by atoms with van der Waals surface area (Å²) in [7, 11) is 1.76. The summed E-state index contributed by atoms with van der Waals surface area (Å²) in [4.78, 5) is 36.1. The van der Waals surface area contributed by atoms with E-state index in [4.69, 9.17) is 0 Å². The lowest BCUT2D eigenvalue weighted by atomic mass is 9.87. The van der Waals surface area contributed by atoms with Gasteiger partial charge >= 0.3 is 0 Å². The fourth-order valence-corrected chi connectivity index (χ4v) is 4.95. The molecule has 0 spiro atoms. The Morgan fingerprint density at radius 1 is 1.37 bits per heavy atom. The van der Waals surface area contributed by atoms with Crippen molar-refractivity contribution in [2.45, 2.75) is 39.2 Å². The Morgan fingerprint density at radius 3 is 3.00 bits per heavy atom. The fraction of sp³-hybridized carbons (Fsp3) is 0.381. The highest BCUT2D eigenvalue weighted by molar-refractivity contribution is 7.14. The average Bonchev–Trinajstić information content (AvgIpc) is 3.10. The zero-order valence-electron chi connectivity index (χ0n) is 15.6. The molecule has 140 valence electrons. The molecule has 6 heteroatoms. The van der Waals surface area contributed by atoms with Gasteiger partial charge in [0.15, 0.2) is 0 Å². The molecule has 1 amide bonds. The Kier molecular flexibility index (Phi) is 4.83. The van der Waals surface area contributed by atoms with Crippen LogP contribution in [-0.4, -0.2) is 27.8 Å². The second kappa shape index (κ2) is 7.27. The van der Waals surface area contributed by atoms with E-state index in [1.165, 1.54) is 23.3 Å². The number of para-hydroxylation sites is 1. The fourth-order valence-electron chi connectivity index (χ4n) is 3.75. The zero-order valence-corrected chi connectivity index (χ0v) is 16.4. The zero-order chi connectivity index (χ0) is 19.0. The molecule has 27 heavy (non-hydrogen) atoms. The number of nitrogens with zero attached hydrogens (tertiary/aromatic N) is 2. The van der Waals surface area contributed by atoms with E-state index in [1.54, 1.807) is 29.4 Å². The van der Waals surface area contributed by atoms with Crippen molar-refractivity contribution in [2.24, 2.45) is 5.92 Å². The third-order valence-corrected chi connectivity index (χ3v) is 6.59. The van der Waals surface area contributed by atoms with Gasteiger partial charge in [0.1, 0.15) is 5.82 Å². The molecular weight excluding hydrogens is 358 g/mol. The van der Waals surface area contributed by atoms with Crippen LogP contribution in [0.3, 0.4) is 0 Å². The quantitative estimate of drug-likeness (QED) is 0.748. The number of amides is 1. The minimum atomic E-state index is -0.173. The van der Waals surface area contributed by atoms with Gasteiger partial charge in [-0.1, -0.05) is 25.5 Å². The number of hydrogen-bond acceptors (Lipinski definition) is 4. The van der Waals surface area contributed by atoms with Crippen LogP contribution in [-0.2, 0) is 19.4 Å². The molecule has 0 saturated heterocycles. The van der Waals surface area contributed by atoms with Gasteiger partial charge in [-0.2, -0.15) is 0 Å². The summed E-state index contributed by atoms with van der Waals surface area (Å²) in [5.41, 5.74) is 1.81. The van der Waals surface area contributed by atoms with Crippen molar-refractivity contribution in [3.05, 3.63) is 61.8 Å². The maximum Gasteiger partial charge on any atom is 0.264 e. The second-order valence-corrected chi connectivity index (χ2v) is 8.40. The summed E-state index contributed by atoms with van der Waals surface area (Å²) in [5.74, 6) is 1.22. The Morgan fingerprint density at radius 2 is 2.19 bits per heavy atom. The SMILES string of the molecule is CC[C@H]1CCc2sc(C(=O)N(C)Cc3nc4ccccc4c(=O)[nH]3)cc2C1. The highest BCUT2D eigenvalue weighted by Gasteiger charge is 2.23. The molecule has 0 aliphatic heterocycles. The first kappa shape index (κ1) is 17.9. The molecule has 0 fully saturated rings. The maximum absolute atomic E-state index is 12.9. The largest absolute Gasteiger partial charge is 0.334 e. The van der Waals surface area contributed by atoms with Crippen LogP contribution < -0.4 is 5.56 Å². The number of carbonyl (C=O) groups excluding carboxylic acids is 1. The lowest BCUT2D eigenvalue weighted by molar-refractivity contribution is 0.0786. The summed E-state index contributed by atoms with van der Waals surface area (Å²) in [6.07, 6.45) is 4.57. The number of aromatic nitrogens is 2. The normalized spacial score (nSPS) is 16.3. The summed E-state index contributed by atoms with van der Waals surface area (Å²) in [6, 6.07) is 9.30.